The second-order valence-electron chi connectivity index (χ2n) is 6.51. The van der Waals surface area contributed by atoms with Gasteiger partial charge in [-0.25, -0.2) is 9.97 Å². The van der Waals surface area contributed by atoms with Crippen LogP contribution in [0, 0.1) is 11.3 Å². The molecule has 8 nitrogen and oxygen atoms in total. The number of carbonyl (C=O) groups excluding carboxylic acids is 1. The number of primary amides is 1. The first-order valence-corrected chi connectivity index (χ1v) is 8.99. The molecule has 4 N–H and O–H groups in total. The van der Waals surface area contributed by atoms with Crippen LogP contribution < -0.4 is 10.5 Å². The number of halogens is 3. The zero-order valence-corrected chi connectivity index (χ0v) is 16.2. The fourth-order valence-corrected chi connectivity index (χ4v) is 2.71. The minimum atomic E-state index is -4.71. The Bertz CT molecular complexity index is 1190. The summed E-state index contributed by atoms with van der Waals surface area (Å²) in [6.07, 6.45) is -6.06. The maximum Gasteiger partial charge on any atom is 0.417 e. The van der Waals surface area contributed by atoms with Gasteiger partial charge in [-0.2, -0.15) is 18.4 Å². The molecule has 0 saturated carbocycles. The van der Waals surface area contributed by atoms with Gasteiger partial charge in [0.1, 0.15) is 23.3 Å². The van der Waals surface area contributed by atoms with Crippen molar-refractivity contribution in [2.45, 2.75) is 12.3 Å². The first-order chi connectivity index (χ1) is 15.1. The Morgan fingerprint density at radius 2 is 1.78 bits per heavy atom. The second kappa shape index (κ2) is 9.01. The van der Waals surface area contributed by atoms with Gasteiger partial charge in [0, 0.05) is 5.56 Å². The van der Waals surface area contributed by atoms with E-state index in [1.165, 1.54) is 36.4 Å². The lowest BCUT2D eigenvalue weighted by molar-refractivity contribution is -0.137. The number of nitrogens with zero attached hydrogens (tertiary/aromatic N) is 3. The second-order valence-corrected chi connectivity index (χ2v) is 6.51. The molecule has 0 saturated heterocycles. The highest BCUT2D eigenvalue weighted by molar-refractivity contribution is 5.91. The molecular weight excluding hydrogens is 429 g/mol. The molecule has 0 aliphatic carbocycles. The Balaban J connectivity index is 1.90. The Labute approximate surface area is 179 Å². The van der Waals surface area contributed by atoms with Crippen molar-refractivity contribution in [3.63, 3.8) is 0 Å². The minimum Gasteiger partial charge on any atom is -0.457 e. The number of amides is 1. The number of alkyl halides is 3. The topological polar surface area (TPSA) is 142 Å². The SMILES string of the molecule is N#Cc1ccc(Oc2ccc(-c3nc(C(N)=O)cc([C@@H](O)CO)n3)cc2)cc1C(F)(F)F. The summed E-state index contributed by atoms with van der Waals surface area (Å²) in [5.74, 6) is -0.757. The van der Waals surface area contributed by atoms with Crippen molar-refractivity contribution in [3.05, 3.63) is 71.0 Å². The summed E-state index contributed by atoms with van der Waals surface area (Å²) in [6.45, 7) is -0.633. The average Bonchev–Trinajstić information content (AvgIpc) is 2.78. The molecule has 0 aliphatic rings. The van der Waals surface area contributed by atoms with E-state index in [2.05, 4.69) is 9.97 Å². The molecule has 0 unspecified atom stereocenters. The third-order valence-electron chi connectivity index (χ3n) is 4.28. The first-order valence-electron chi connectivity index (χ1n) is 8.99. The lowest BCUT2D eigenvalue weighted by atomic mass is 10.1. The molecule has 0 spiro atoms. The Morgan fingerprint density at radius 3 is 2.34 bits per heavy atom. The zero-order valence-electron chi connectivity index (χ0n) is 16.2. The van der Waals surface area contributed by atoms with Gasteiger partial charge < -0.3 is 20.7 Å². The van der Waals surface area contributed by atoms with Gasteiger partial charge in [-0.3, -0.25) is 4.79 Å². The van der Waals surface area contributed by atoms with Crippen molar-refractivity contribution < 1.29 is 32.9 Å². The van der Waals surface area contributed by atoms with Gasteiger partial charge in [0.05, 0.1) is 29.5 Å². The van der Waals surface area contributed by atoms with Crippen molar-refractivity contribution in [1.29, 1.82) is 5.26 Å². The number of nitrogens with two attached hydrogens (primary N) is 1. The number of benzene rings is 2. The summed E-state index contributed by atoms with van der Waals surface area (Å²) in [5.41, 5.74) is 3.83. The van der Waals surface area contributed by atoms with Gasteiger partial charge in [-0.1, -0.05) is 0 Å². The molecule has 11 heteroatoms. The van der Waals surface area contributed by atoms with Gasteiger partial charge in [-0.15, -0.1) is 0 Å². The number of aliphatic hydroxyl groups excluding tert-OH is 2. The highest BCUT2D eigenvalue weighted by Gasteiger charge is 2.34. The van der Waals surface area contributed by atoms with Crippen LogP contribution in [0.5, 0.6) is 11.5 Å². The van der Waals surface area contributed by atoms with Crippen molar-refractivity contribution in [3.8, 4) is 29.0 Å². The monoisotopic (exact) mass is 444 g/mol. The van der Waals surface area contributed by atoms with E-state index in [1.807, 2.05) is 0 Å². The number of ether oxygens (including phenoxy) is 1. The molecule has 0 fully saturated rings. The first kappa shape index (κ1) is 22.7. The van der Waals surface area contributed by atoms with Crippen molar-refractivity contribution >= 4 is 5.91 Å². The molecule has 1 heterocycles. The summed E-state index contributed by atoms with van der Waals surface area (Å²) in [5, 5.41) is 27.8. The lowest BCUT2D eigenvalue weighted by Crippen LogP contribution is -2.16. The summed E-state index contributed by atoms with van der Waals surface area (Å²) in [7, 11) is 0. The average molecular weight is 444 g/mol. The molecule has 0 bridgehead atoms. The highest BCUT2D eigenvalue weighted by atomic mass is 19.4. The summed E-state index contributed by atoms with van der Waals surface area (Å²) >= 11 is 0. The zero-order chi connectivity index (χ0) is 23.5. The number of nitriles is 1. The Kier molecular flexibility index (Phi) is 6.38. The van der Waals surface area contributed by atoms with Crippen molar-refractivity contribution in [2.75, 3.05) is 6.61 Å². The minimum absolute atomic E-state index is 0.0103. The number of aromatic nitrogens is 2. The van der Waals surface area contributed by atoms with E-state index in [-0.39, 0.29) is 28.7 Å². The molecule has 1 atom stereocenters. The molecule has 0 aliphatic heterocycles. The van der Waals surface area contributed by atoms with E-state index in [4.69, 9.17) is 20.8 Å². The fourth-order valence-electron chi connectivity index (χ4n) is 2.71. The summed E-state index contributed by atoms with van der Waals surface area (Å²) in [4.78, 5) is 19.6. The molecule has 0 radical (unpaired) electrons. The quantitative estimate of drug-likeness (QED) is 0.530. The van der Waals surface area contributed by atoms with E-state index in [9.17, 15) is 23.1 Å². The molecule has 164 valence electrons. The third-order valence-corrected chi connectivity index (χ3v) is 4.28. The van der Waals surface area contributed by atoms with Crippen LogP contribution in [0.4, 0.5) is 13.2 Å². The predicted molar refractivity (Wildman–Crippen MR) is 104 cm³/mol. The van der Waals surface area contributed by atoms with Crippen LogP contribution in [0.2, 0.25) is 0 Å². The maximum atomic E-state index is 13.1. The number of hydrogen-bond acceptors (Lipinski definition) is 7. The van der Waals surface area contributed by atoms with Gasteiger partial charge in [-0.05, 0) is 48.5 Å². The van der Waals surface area contributed by atoms with Gasteiger partial charge >= 0.3 is 6.18 Å². The van der Waals surface area contributed by atoms with E-state index >= 15 is 0 Å². The third kappa shape index (κ3) is 5.00. The number of rotatable bonds is 6. The van der Waals surface area contributed by atoms with Crippen LogP contribution >= 0.6 is 0 Å². The van der Waals surface area contributed by atoms with Crippen LogP contribution in [0.25, 0.3) is 11.4 Å². The lowest BCUT2D eigenvalue weighted by Gasteiger charge is -2.12. The fraction of sp³-hybridized carbons (Fsp3) is 0.143. The van der Waals surface area contributed by atoms with Crippen LogP contribution in [0.1, 0.15) is 33.4 Å². The molecule has 2 aromatic carbocycles. The smallest absolute Gasteiger partial charge is 0.417 e. The van der Waals surface area contributed by atoms with E-state index < -0.39 is 35.9 Å². The van der Waals surface area contributed by atoms with Crippen molar-refractivity contribution in [2.24, 2.45) is 5.73 Å². The molecule has 1 aromatic heterocycles. The Morgan fingerprint density at radius 1 is 1.12 bits per heavy atom. The van der Waals surface area contributed by atoms with Gasteiger partial charge in [0.2, 0.25) is 0 Å². The molecule has 1 amide bonds. The standard InChI is InChI=1S/C21H15F3N4O4/c22-21(23,24)15-7-14(6-3-12(15)9-25)32-13-4-1-11(2-5-13)20-27-16(18(30)10-29)8-17(28-20)19(26)31/h1-8,18,29-30H,10H2,(H2,26,31)/t18-/m0/s1. The molecule has 3 aromatic rings. The number of aliphatic hydroxyl groups is 2. The summed E-state index contributed by atoms with van der Waals surface area (Å²) < 4.78 is 44.8. The number of carbonyl (C=O) groups is 1. The normalized spacial score (nSPS) is 12.1. The molecular formula is C21H15F3N4O4. The molecule has 32 heavy (non-hydrogen) atoms. The largest absolute Gasteiger partial charge is 0.457 e. The summed E-state index contributed by atoms with van der Waals surface area (Å²) in [6, 6.07) is 11.5. The van der Waals surface area contributed by atoms with Crippen molar-refractivity contribution in [1.82, 2.24) is 9.97 Å². The van der Waals surface area contributed by atoms with E-state index in [0.29, 0.717) is 5.56 Å². The predicted octanol–water partition coefficient (Wildman–Crippen LogP) is 2.95. The van der Waals surface area contributed by atoms with Crippen LogP contribution in [0.15, 0.2) is 48.5 Å². The Hall–Kier alpha value is -4.01. The van der Waals surface area contributed by atoms with Crippen LogP contribution in [0.3, 0.4) is 0 Å². The maximum absolute atomic E-state index is 13.1. The van der Waals surface area contributed by atoms with E-state index in [0.717, 1.165) is 18.2 Å². The van der Waals surface area contributed by atoms with E-state index in [1.54, 1.807) is 0 Å². The van der Waals surface area contributed by atoms with Crippen LogP contribution in [-0.2, 0) is 6.18 Å². The highest BCUT2D eigenvalue weighted by Crippen LogP contribution is 2.35. The van der Waals surface area contributed by atoms with Crippen LogP contribution in [-0.4, -0.2) is 32.7 Å². The molecule has 3 rings (SSSR count). The van der Waals surface area contributed by atoms with Gasteiger partial charge in [0.25, 0.3) is 5.91 Å². The number of hydrogen-bond donors (Lipinski definition) is 3. The van der Waals surface area contributed by atoms with Gasteiger partial charge in [0.15, 0.2) is 5.82 Å².